The van der Waals surface area contributed by atoms with E-state index in [-0.39, 0.29) is 5.91 Å². The number of aromatic amines is 1. The van der Waals surface area contributed by atoms with Crippen molar-refractivity contribution in [1.82, 2.24) is 30.1 Å². The van der Waals surface area contributed by atoms with E-state index < -0.39 is 0 Å². The first-order valence-electron chi connectivity index (χ1n) is 9.10. The van der Waals surface area contributed by atoms with Gasteiger partial charge in [0.05, 0.1) is 7.11 Å². The van der Waals surface area contributed by atoms with Crippen LogP contribution in [0.25, 0.3) is 22.6 Å². The van der Waals surface area contributed by atoms with E-state index in [4.69, 9.17) is 4.74 Å². The average molecular weight is 439 g/mol. The SMILES string of the molecule is COc1ccc(-c2nnsc2C(=O)NCCSc2n[nH]c(-c3ccccc3)n2)cc1. The number of aromatic nitrogens is 5. The number of ether oxygens (including phenoxy) is 1. The van der Waals surface area contributed by atoms with E-state index in [0.29, 0.717) is 28.0 Å². The molecule has 0 fully saturated rings. The maximum absolute atomic E-state index is 12.6. The van der Waals surface area contributed by atoms with Crippen molar-refractivity contribution in [2.75, 3.05) is 19.4 Å². The summed E-state index contributed by atoms with van der Waals surface area (Å²) >= 11 is 2.55. The number of carbonyl (C=O) groups is 1. The Balaban J connectivity index is 1.31. The van der Waals surface area contributed by atoms with Gasteiger partial charge in [0.25, 0.3) is 5.91 Å². The fraction of sp³-hybridized carbons (Fsp3) is 0.150. The molecule has 0 saturated carbocycles. The van der Waals surface area contributed by atoms with E-state index in [1.165, 1.54) is 11.8 Å². The summed E-state index contributed by atoms with van der Waals surface area (Å²) < 4.78 is 9.11. The van der Waals surface area contributed by atoms with Crippen molar-refractivity contribution in [1.29, 1.82) is 0 Å². The van der Waals surface area contributed by atoms with Crippen LogP contribution in [0.5, 0.6) is 5.75 Å². The van der Waals surface area contributed by atoms with Crippen LogP contribution >= 0.6 is 23.3 Å². The third-order valence-electron chi connectivity index (χ3n) is 4.19. The third-order valence-corrected chi connectivity index (χ3v) is 5.76. The first-order chi connectivity index (χ1) is 14.7. The summed E-state index contributed by atoms with van der Waals surface area (Å²) in [6, 6.07) is 17.2. The normalized spacial score (nSPS) is 10.7. The highest BCUT2D eigenvalue weighted by molar-refractivity contribution is 7.99. The molecule has 2 aromatic heterocycles. The lowest BCUT2D eigenvalue weighted by molar-refractivity contribution is 0.0960. The molecule has 0 radical (unpaired) electrons. The number of carbonyl (C=O) groups excluding carboxylic acids is 1. The predicted molar refractivity (Wildman–Crippen MR) is 117 cm³/mol. The van der Waals surface area contributed by atoms with Gasteiger partial charge < -0.3 is 10.1 Å². The molecule has 0 aliphatic carbocycles. The van der Waals surface area contributed by atoms with E-state index in [1.54, 1.807) is 7.11 Å². The zero-order valence-electron chi connectivity index (χ0n) is 16.0. The van der Waals surface area contributed by atoms with Crippen LogP contribution in [0.1, 0.15) is 9.67 Å². The third kappa shape index (κ3) is 4.66. The Bertz CT molecular complexity index is 1110. The molecule has 2 heterocycles. The van der Waals surface area contributed by atoms with Crippen molar-refractivity contribution in [3.8, 4) is 28.4 Å². The number of benzene rings is 2. The fourth-order valence-corrected chi connectivity index (χ4v) is 3.96. The molecule has 0 atom stereocenters. The van der Waals surface area contributed by atoms with Crippen molar-refractivity contribution in [3.63, 3.8) is 0 Å². The minimum absolute atomic E-state index is 0.198. The number of hydrogen-bond donors (Lipinski definition) is 2. The summed E-state index contributed by atoms with van der Waals surface area (Å²) in [5.74, 6) is 1.91. The van der Waals surface area contributed by atoms with E-state index in [0.717, 1.165) is 34.2 Å². The highest BCUT2D eigenvalue weighted by Gasteiger charge is 2.17. The molecule has 0 aliphatic rings. The molecular weight excluding hydrogens is 420 g/mol. The fourth-order valence-electron chi connectivity index (χ4n) is 2.70. The lowest BCUT2D eigenvalue weighted by Crippen LogP contribution is -2.25. The minimum Gasteiger partial charge on any atom is -0.497 e. The summed E-state index contributed by atoms with van der Waals surface area (Å²) in [5, 5.41) is 14.8. The number of thioether (sulfide) groups is 1. The zero-order chi connectivity index (χ0) is 20.8. The van der Waals surface area contributed by atoms with E-state index in [9.17, 15) is 4.79 Å². The van der Waals surface area contributed by atoms with Gasteiger partial charge in [-0.15, -0.1) is 10.2 Å². The maximum Gasteiger partial charge on any atom is 0.265 e. The van der Waals surface area contributed by atoms with Gasteiger partial charge in [-0.1, -0.05) is 46.6 Å². The molecule has 4 aromatic rings. The molecule has 2 N–H and O–H groups in total. The number of methoxy groups -OCH3 is 1. The lowest BCUT2D eigenvalue weighted by atomic mass is 10.1. The number of amides is 1. The molecular formula is C20H18N6O2S2. The second kappa shape index (κ2) is 9.51. The smallest absolute Gasteiger partial charge is 0.265 e. The largest absolute Gasteiger partial charge is 0.497 e. The number of hydrogen-bond acceptors (Lipinski definition) is 8. The number of nitrogens with zero attached hydrogens (tertiary/aromatic N) is 4. The van der Waals surface area contributed by atoms with Crippen LogP contribution in [0.15, 0.2) is 59.8 Å². The van der Waals surface area contributed by atoms with Crippen LogP contribution in [0.3, 0.4) is 0 Å². The van der Waals surface area contributed by atoms with Crippen LogP contribution < -0.4 is 10.1 Å². The summed E-state index contributed by atoms with van der Waals surface area (Å²) in [7, 11) is 1.61. The molecule has 10 heteroatoms. The topological polar surface area (TPSA) is 106 Å². The van der Waals surface area contributed by atoms with Crippen LogP contribution in [0, 0.1) is 0 Å². The number of nitrogens with one attached hydrogen (secondary N) is 2. The van der Waals surface area contributed by atoms with E-state index >= 15 is 0 Å². The molecule has 30 heavy (non-hydrogen) atoms. The first kappa shape index (κ1) is 20.0. The van der Waals surface area contributed by atoms with Gasteiger partial charge in [0.2, 0.25) is 5.16 Å². The Morgan fingerprint density at radius 1 is 1.13 bits per heavy atom. The average Bonchev–Trinajstić information content (AvgIpc) is 3.47. The van der Waals surface area contributed by atoms with Gasteiger partial charge in [0, 0.05) is 23.4 Å². The molecule has 0 unspecified atom stereocenters. The number of rotatable bonds is 8. The molecule has 0 spiro atoms. The second-order valence-corrected chi connectivity index (χ2v) is 7.93. The molecule has 0 bridgehead atoms. The summed E-state index contributed by atoms with van der Waals surface area (Å²) in [4.78, 5) is 17.5. The Morgan fingerprint density at radius 3 is 2.70 bits per heavy atom. The Labute approximate surface area is 181 Å². The van der Waals surface area contributed by atoms with Gasteiger partial charge in [-0.3, -0.25) is 9.89 Å². The van der Waals surface area contributed by atoms with Crippen LogP contribution in [0.2, 0.25) is 0 Å². The van der Waals surface area contributed by atoms with E-state index in [1.807, 2.05) is 54.6 Å². The Kier molecular flexibility index (Phi) is 6.35. The Morgan fingerprint density at radius 2 is 1.93 bits per heavy atom. The quantitative estimate of drug-likeness (QED) is 0.320. The standard InChI is InChI=1S/C20H18N6O2S2/c1-28-15-9-7-13(8-10-15)16-17(30-26-23-16)19(27)21-11-12-29-20-22-18(24-25-20)14-5-3-2-4-6-14/h2-10H,11-12H2,1H3,(H,21,27)(H,22,24,25). The summed E-state index contributed by atoms with van der Waals surface area (Å²) in [5.41, 5.74) is 2.36. The van der Waals surface area contributed by atoms with Gasteiger partial charge in [-0.2, -0.15) is 0 Å². The highest BCUT2D eigenvalue weighted by atomic mass is 32.2. The van der Waals surface area contributed by atoms with Crippen molar-refractivity contribution in [2.24, 2.45) is 0 Å². The molecule has 152 valence electrons. The molecule has 4 rings (SSSR count). The highest BCUT2D eigenvalue weighted by Crippen LogP contribution is 2.26. The maximum atomic E-state index is 12.6. The minimum atomic E-state index is -0.198. The van der Waals surface area contributed by atoms with Crippen molar-refractivity contribution in [2.45, 2.75) is 5.16 Å². The lowest BCUT2D eigenvalue weighted by Gasteiger charge is -2.05. The van der Waals surface area contributed by atoms with Crippen molar-refractivity contribution in [3.05, 3.63) is 59.5 Å². The summed E-state index contributed by atoms with van der Waals surface area (Å²) in [6.07, 6.45) is 0. The predicted octanol–water partition coefficient (Wildman–Crippen LogP) is 3.52. The molecule has 8 nitrogen and oxygen atoms in total. The number of H-pyrrole nitrogens is 1. The van der Waals surface area contributed by atoms with Gasteiger partial charge in [-0.25, -0.2) is 4.98 Å². The van der Waals surface area contributed by atoms with Gasteiger partial charge in [-0.05, 0) is 35.8 Å². The second-order valence-electron chi connectivity index (χ2n) is 6.12. The van der Waals surface area contributed by atoms with Crippen LogP contribution in [0.4, 0.5) is 0 Å². The van der Waals surface area contributed by atoms with Gasteiger partial charge >= 0.3 is 0 Å². The van der Waals surface area contributed by atoms with Gasteiger partial charge in [0.15, 0.2) is 5.82 Å². The van der Waals surface area contributed by atoms with Crippen LogP contribution in [-0.4, -0.2) is 50.1 Å². The summed E-state index contributed by atoms with van der Waals surface area (Å²) in [6.45, 7) is 0.471. The first-order valence-corrected chi connectivity index (χ1v) is 10.9. The molecule has 1 amide bonds. The molecule has 2 aromatic carbocycles. The monoisotopic (exact) mass is 438 g/mol. The van der Waals surface area contributed by atoms with Crippen molar-refractivity contribution < 1.29 is 9.53 Å². The van der Waals surface area contributed by atoms with Gasteiger partial charge in [0.1, 0.15) is 16.3 Å². The Hall–Kier alpha value is -3.24. The van der Waals surface area contributed by atoms with E-state index in [2.05, 4.69) is 30.1 Å². The van der Waals surface area contributed by atoms with Crippen LogP contribution in [-0.2, 0) is 0 Å². The van der Waals surface area contributed by atoms with Crippen molar-refractivity contribution >= 4 is 29.2 Å². The molecule has 0 aliphatic heterocycles. The zero-order valence-corrected chi connectivity index (χ0v) is 17.7. The molecule has 0 saturated heterocycles.